The first-order valence-corrected chi connectivity index (χ1v) is 9.55. The number of benzene rings is 2. The predicted octanol–water partition coefficient (Wildman–Crippen LogP) is 4.34. The zero-order valence-corrected chi connectivity index (χ0v) is 15.2. The Balaban J connectivity index is 1.47. The van der Waals surface area contributed by atoms with Crippen molar-refractivity contribution in [2.24, 2.45) is 5.92 Å². The van der Waals surface area contributed by atoms with Gasteiger partial charge in [-0.15, -0.1) is 0 Å². The van der Waals surface area contributed by atoms with Crippen LogP contribution in [0.15, 0.2) is 54.6 Å². The van der Waals surface area contributed by atoms with E-state index in [-0.39, 0.29) is 11.8 Å². The monoisotopic (exact) mass is 352 g/mol. The highest BCUT2D eigenvalue weighted by Gasteiger charge is 2.23. The Morgan fingerprint density at radius 1 is 1.04 bits per heavy atom. The van der Waals surface area contributed by atoms with Crippen LogP contribution in [0.3, 0.4) is 0 Å². The molecular weight excluding hydrogens is 324 g/mol. The topological polar surface area (TPSA) is 52.6 Å². The molecule has 1 aliphatic rings. The number of phenolic OH excluding ortho intramolecular Hbond substituents is 1. The number of urea groups is 1. The average molecular weight is 352 g/mol. The van der Waals surface area contributed by atoms with Gasteiger partial charge in [-0.3, -0.25) is 0 Å². The number of aromatic hydroxyl groups is 1. The third kappa shape index (κ3) is 5.51. The largest absolute Gasteiger partial charge is 0.508 e. The second kappa shape index (κ2) is 9.27. The number of hydrogen-bond acceptors (Lipinski definition) is 2. The summed E-state index contributed by atoms with van der Waals surface area (Å²) in [5, 5.41) is 12.4. The summed E-state index contributed by atoms with van der Waals surface area (Å²) in [7, 11) is 0. The summed E-state index contributed by atoms with van der Waals surface area (Å²) in [5.41, 5.74) is 2.35. The Hall–Kier alpha value is -2.49. The van der Waals surface area contributed by atoms with E-state index in [0.717, 1.165) is 19.4 Å². The van der Waals surface area contributed by atoms with Crippen molar-refractivity contribution in [3.63, 3.8) is 0 Å². The van der Waals surface area contributed by atoms with Crippen LogP contribution >= 0.6 is 0 Å². The second-order valence-corrected chi connectivity index (χ2v) is 7.16. The van der Waals surface area contributed by atoms with E-state index in [0.29, 0.717) is 19.0 Å². The SMILES string of the molecule is O=C(NCCCc1ccc(O)cc1)N(Cc1ccccc1)CC1CCC1. The number of nitrogens with zero attached hydrogens (tertiary/aromatic N) is 1. The Morgan fingerprint density at radius 3 is 2.42 bits per heavy atom. The summed E-state index contributed by atoms with van der Waals surface area (Å²) in [6.45, 7) is 2.18. The summed E-state index contributed by atoms with van der Waals surface area (Å²) < 4.78 is 0. The van der Waals surface area contributed by atoms with Gasteiger partial charge in [0.25, 0.3) is 0 Å². The van der Waals surface area contributed by atoms with Crippen LogP contribution in [0, 0.1) is 5.92 Å². The van der Waals surface area contributed by atoms with E-state index in [1.54, 1.807) is 12.1 Å². The molecule has 3 rings (SSSR count). The molecule has 2 amide bonds. The van der Waals surface area contributed by atoms with Gasteiger partial charge in [-0.25, -0.2) is 4.79 Å². The van der Waals surface area contributed by atoms with Crippen LogP contribution in [0.4, 0.5) is 4.79 Å². The lowest BCUT2D eigenvalue weighted by atomic mass is 9.85. The Labute approximate surface area is 155 Å². The van der Waals surface area contributed by atoms with Crippen molar-refractivity contribution in [1.29, 1.82) is 0 Å². The summed E-state index contributed by atoms with van der Waals surface area (Å²) in [5.74, 6) is 0.941. The lowest BCUT2D eigenvalue weighted by Gasteiger charge is -2.32. The van der Waals surface area contributed by atoms with E-state index in [1.807, 2.05) is 35.2 Å². The van der Waals surface area contributed by atoms with Crippen molar-refractivity contribution in [3.8, 4) is 5.75 Å². The molecule has 2 N–H and O–H groups in total. The molecule has 4 heteroatoms. The summed E-state index contributed by atoms with van der Waals surface area (Å²) in [4.78, 5) is 14.6. The fraction of sp³-hybridized carbons (Fsp3) is 0.409. The lowest BCUT2D eigenvalue weighted by Crippen LogP contribution is -2.43. The molecule has 0 heterocycles. The van der Waals surface area contributed by atoms with Gasteiger partial charge in [0.1, 0.15) is 5.75 Å². The van der Waals surface area contributed by atoms with E-state index < -0.39 is 0 Å². The first kappa shape index (κ1) is 18.3. The van der Waals surface area contributed by atoms with Gasteiger partial charge < -0.3 is 15.3 Å². The van der Waals surface area contributed by atoms with Gasteiger partial charge in [0, 0.05) is 19.6 Å². The number of phenols is 1. The molecule has 0 aliphatic heterocycles. The molecule has 0 saturated heterocycles. The Kier molecular flexibility index (Phi) is 6.53. The van der Waals surface area contributed by atoms with E-state index >= 15 is 0 Å². The van der Waals surface area contributed by atoms with Crippen molar-refractivity contribution in [1.82, 2.24) is 10.2 Å². The molecule has 138 valence electrons. The van der Waals surface area contributed by atoms with E-state index in [9.17, 15) is 9.90 Å². The standard InChI is InChI=1S/C22H28N2O2/c25-21-13-11-18(12-14-21)10-5-15-23-22(26)24(17-20-8-4-9-20)16-19-6-2-1-3-7-19/h1-3,6-7,11-14,20,25H,4-5,8-10,15-17H2,(H,23,26). The highest BCUT2D eigenvalue weighted by molar-refractivity contribution is 5.74. The minimum Gasteiger partial charge on any atom is -0.508 e. The van der Waals surface area contributed by atoms with Crippen molar-refractivity contribution in [2.75, 3.05) is 13.1 Å². The van der Waals surface area contributed by atoms with Gasteiger partial charge >= 0.3 is 6.03 Å². The van der Waals surface area contributed by atoms with Gasteiger partial charge in [0.05, 0.1) is 0 Å². The maximum absolute atomic E-state index is 12.7. The van der Waals surface area contributed by atoms with Crippen LogP contribution in [0.5, 0.6) is 5.75 Å². The van der Waals surface area contributed by atoms with Gasteiger partial charge in [-0.1, -0.05) is 48.9 Å². The van der Waals surface area contributed by atoms with Crippen molar-refractivity contribution in [2.45, 2.75) is 38.6 Å². The fourth-order valence-corrected chi connectivity index (χ4v) is 3.27. The molecule has 1 saturated carbocycles. The van der Waals surface area contributed by atoms with Gasteiger partial charge in [-0.05, 0) is 54.9 Å². The normalized spacial score (nSPS) is 13.8. The van der Waals surface area contributed by atoms with Crippen LogP contribution in [0.1, 0.15) is 36.8 Å². The van der Waals surface area contributed by atoms with Crippen LogP contribution in [0.25, 0.3) is 0 Å². The van der Waals surface area contributed by atoms with E-state index in [1.165, 1.54) is 30.4 Å². The highest BCUT2D eigenvalue weighted by Crippen LogP contribution is 2.27. The molecule has 2 aromatic carbocycles. The van der Waals surface area contributed by atoms with Crippen LogP contribution < -0.4 is 5.32 Å². The molecule has 4 nitrogen and oxygen atoms in total. The first-order chi connectivity index (χ1) is 12.7. The molecular formula is C22H28N2O2. The zero-order valence-electron chi connectivity index (χ0n) is 15.2. The van der Waals surface area contributed by atoms with Crippen LogP contribution in [-0.4, -0.2) is 29.1 Å². The molecule has 0 aromatic heterocycles. The summed E-state index contributed by atoms with van der Waals surface area (Å²) in [6.07, 6.45) is 5.54. The molecule has 0 bridgehead atoms. The maximum Gasteiger partial charge on any atom is 0.317 e. The van der Waals surface area contributed by atoms with E-state index in [2.05, 4.69) is 17.4 Å². The molecule has 1 aliphatic carbocycles. The van der Waals surface area contributed by atoms with Gasteiger partial charge in [0.15, 0.2) is 0 Å². The van der Waals surface area contributed by atoms with Crippen molar-refractivity contribution in [3.05, 3.63) is 65.7 Å². The molecule has 0 spiro atoms. The van der Waals surface area contributed by atoms with Crippen molar-refractivity contribution < 1.29 is 9.90 Å². The summed E-state index contributed by atoms with van der Waals surface area (Å²) >= 11 is 0. The number of amides is 2. The minimum absolute atomic E-state index is 0.0338. The Bertz CT molecular complexity index is 681. The number of aryl methyl sites for hydroxylation is 1. The fourth-order valence-electron chi connectivity index (χ4n) is 3.27. The number of nitrogens with one attached hydrogen (secondary N) is 1. The lowest BCUT2D eigenvalue weighted by molar-refractivity contribution is 0.164. The molecule has 0 atom stereocenters. The second-order valence-electron chi connectivity index (χ2n) is 7.16. The van der Waals surface area contributed by atoms with Crippen LogP contribution in [-0.2, 0) is 13.0 Å². The van der Waals surface area contributed by atoms with Crippen molar-refractivity contribution >= 4 is 6.03 Å². The smallest absolute Gasteiger partial charge is 0.317 e. The third-order valence-electron chi connectivity index (χ3n) is 5.06. The molecule has 2 aromatic rings. The molecule has 0 radical (unpaired) electrons. The molecule has 26 heavy (non-hydrogen) atoms. The maximum atomic E-state index is 12.7. The highest BCUT2D eigenvalue weighted by atomic mass is 16.3. The minimum atomic E-state index is 0.0338. The van der Waals surface area contributed by atoms with E-state index in [4.69, 9.17) is 0 Å². The summed E-state index contributed by atoms with van der Waals surface area (Å²) in [6, 6.07) is 17.5. The van der Waals surface area contributed by atoms with Gasteiger partial charge in [-0.2, -0.15) is 0 Å². The molecule has 1 fully saturated rings. The molecule has 0 unspecified atom stereocenters. The zero-order chi connectivity index (χ0) is 18.2. The quantitative estimate of drug-likeness (QED) is 0.695. The number of hydrogen-bond donors (Lipinski definition) is 2. The first-order valence-electron chi connectivity index (χ1n) is 9.55. The number of carbonyl (C=O) groups excluding carboxylic acids is 1. The third-order valence-corrected chi connectivity index (χ3v) is 5.06. The Morgan fingerprint density at radius 2 is 1.77 bits per heavy atom. The predicted molar refractivity (Wildman–Crippen MR) is 104 cm³/mol. The number of rotatable bonds is 8. The number of carbonyl (C=O) groups is 1. The van der Waals surface area contributed by atoms with Gasteiger partial charge in [0.2, 0.25) is 0 Å². The van der Waals surface area contributed by atoms with Crippen LogP contribution in [0.2, 0.25) is 0 Å². The average Bonchev–Trinajstić information content (AvgIpc) is 2.63.